The van der Waals surface area contributed by atoms with Crippen molar-refractivity contribution >= 4 is 174 Å². The SMILES string of the molecule is N#Cc1cc(-n2c3ccc(-n4c5ccccc5c5ccccc54)cc3c3cc(-n4c5ccccc5c5ccccc54)ccc32)c(-c2cccnc2)cc1-n1c2ccc(-n3c4ccccc4c4ccccc43)cc2c2cc(-n3c4ccccc4c4cc(-c5cc(-c6ccccc6)cc6c5c5ccccc5n6-c5cc(C#N)c(-n6c7ccccc7c7ccc(-c8ccccc8)cc76)cc5-c5cccnc5)ccc43)ccc21. The van der Waals surface area contributed by atoms with Crippen LogP contribution >= 0.6 is 0 Å². The van der Waals surface area contributed by atoms with Crippen molar-refractivity contribution < 1.29 is 0 Å². The summed E-state index contributed by atoms with van der Waals surface area (Å²) in [6.07, 6.45) is 7.56. The van der Waals surface area contributed by atoms with Crippen molar-refractivity contribution in [3.8, 4) is 113 Å². The normalized spacial score (nSPS) is 12.0. The number of fused-ring (bicyclic) bond motifs is 24. The minimum atomic E-state index is 0.492. The molecule has 10 heterocycles. The molecule has 20 aromatic carbocycles. The van der Waals surface area contributed by atoms with Crippen LogP contribution in [0.15, 0.2) is 474 Å². The van der Waals surface area contributed by atoms with Gasteiger partial charge >= 0.3 is 0 Å². The molecular formula is C132H78N12. The molecule has 666 valence electrons. The minimum absolute atomic E-state index is 0.492. The summed E-state index contributed by atoms with van der Waals surface area (Å²) < 4.78 is 19.0. The Labute approximate surface area is 823 Å². The highest BCUT2D eigenvalue weighted by Crippen LogP contribution is 2.51. The lowest BCUT2D eigenvalue weighted by Gasteiger charge is -2.19. The summed E-state index contributed by atoms with van der Waals surface area (Å²) in [5, 5.41) is 42.1. The van der Waals surface area contributed by atoms with E-state index in [-0.39, 0.29) is 0 Å². The first-order valence-corrected chi connectivity index (χ1v) is 48.7. The Morgan fingerprint density at radius 1 is 0.160 bits per heavy atom. The van der Waals surface area contributed by atoms with Gasteiger partial charge in [-0.15, -0.1) is 0 Å². The number of pyridine rings is 2. The summed E-state index contributed by atoms with van der Waals surface area (Å²) in [5.41, 5.74) is 34.9. The summed E-state index contributed by atoms with van der Waals surface area (Å²) in [7, 11) is 0. The molecule has 30 rings (SSSR count). The molecule has 0 aliphatic carbocycles. The number of para-hydroxylation sites is 9. The van der Waals surface area contributed by atoms with Crippen molar-refractivity contribution in [2.24, 2.45) is 0 Å². The van der Waals surface area contributed by atoms with Gasteiger partial charge in [0.25, 0.3) is 0 Å². The lowest BCUT2D eigenvalue weighted by Crippen LogP contribution is -2.04. The molecule has 144 heavy (non-hydrogen) atoms. The monoisotopic (exact) mass is 1830 g/mol. The fourth-order valence-electron chi connectivity index (χ4n) is 24.1. The number of benzene rings is 20. The van der Waals surface area contributed by atoms with Crippen LogP contribution in [0.4, 0.5) is 0 Å². The van der Waals surface area contributed by atoms with E-state index in [0.717, 1.165) is 243 Å². The van der Waals surface area contributed by atoms with Gasteiger partial charge in [0.05, 0.1) is 122 Å². The molecule has 0 spiro atoms. The molecule has 0 N–H and O–H groups in total. The summed E-state index contributed by atoms with van der Waals surface area (Å²) in [4.78, 5) is 9.69. The molecule has 12 nitrogen and oxygen atoms in total. The average molecular weight is 1830 g/mol. The van der Waals surface area contributed by atoms with Gasteiger partial charge in [-0.2, -0.15) is 10.5 Å². The Balaban J connectivity index is 0.623. The topological polar surface area (TPSA) is 113 Å². The number of aromatic nitrogens is 10. The van der Waals surface area contributed by atoms with Gasteiger partial charge in [-0.25, -0.2) is 0 Å². The molecule has 0 saturated heterocycles. The number of hydrogen-bond donors (Lipinski definition) is 0. The third-order valence-corrected chi connectivity index (χ3v) is 30.3. The molecule has 0 fully saturated rings. The van der Waals surface area contributed by atoms with Gasteiger partial charge in [0, 0.05) is 156 Å². The maximum atomic E-state index is 12.4. The third-order valence-electron chi connectivity index (χ3n) is 30.3. The van der Waals surface area contributed by atoms with Gasteiger partial charge in [0.2, 0.25) is 0 Å². The van der Waals surface area contributed by atoms with Crippen molar-refractivity contribution in [1.82, 2.24) is 46.5 Å². The lowest BCUT2D eigenvalue weighted by molar-refractivity contribution is 1.13. The zero-order chi connectivity index (χ0) is 94.6. The van der Waals surface area contributed by atoms with Gasteiger partial charge in [-0.05, 0) is 228 Å². The molecule has 12 heteroatoms. The second-order valence-corrected chi connectivity index (χ2v) is 37.7. The van der Waals surface area contributed by atoms with E-state index >= 15 is 0 Å². The Morgan fingerprint density at radius 2 is 0.438 bits per heavy atom. The van der Waals surface area contributed by atoms with Crippen LogP contribution < -0.4 is 0 Å². The zero-order valence-electron chi connectivity index (χ0n) is 77.4. The fraction of sp³-hybridized carbons (Fsp3) is 0. The number of hydrogen-bond acceptors (Lipinski definition) is 4. The van der Waals surface area contributed by atoms with Crippen molar-refractivity contribution in [1.29, 1.82) is 10.5 Å². The fourth-order valence-corrected chi connectivity index (χ4v) is 24.1. The van der Waals surface area contributed by atoms with E-state index in [1.54, 1.807) is 0 Å². The van der Waals surface area contributed by atoms with Crippen LogP contribution in [0.5, 0.6) is 0 Å². The second kappa shape index (κ2) is 31.3. The molecule has 0 aliphatic rings. The molecule has 30 aromatic rings. The van der Waals surface area contributed by atoms with Crippen molar-refractivity contribution in [3.63, 3.8) is 0 Å². The molecule has 0 aliphatic heterocycles. The van der Waals surface area contributed by atoms with Crippen LogP contribution in [0, 0.1) is 22.7 Å². The molecule has 10 aromatic heterocycles. The quantitative estimate of drug-likeness (QED) is 0.114. The standard InChI is InChI=1S/C132H78N12/c133-77-88-69-129(142-124-61-55-91(138-114-44-18-9-35-96(114)97-36-10-19-45-115(97)138)72-110(124)111-73-92(56-62-125(111)142)139-116-46-20-11-37-98(116)99-38-12-21-47-117(99)139)104(85-31-25-63-135-79-85)75-126(88)141-122-59-53-90(137-112-42-16-7-33-94(112)95-34-8-17-43-113(95)137)71-108(122)109-74-93(54-60-123(109)141)140-118-48-22-14-40-101(118)107-65-84(52-58-121(107)140)106-66-87(82-29-5-2-6-30-82)68-131-132(106)103-41-15-24-50-120(103)144(131)130-70-89(78-134)127(76-105(130)86-32-26-64-136-80-86)143-119-49-23-13-39-100(119)102-57-51-83(67-128(102)143)81-27-3-1-4-28-81/h1-76,79-80H. The Kier molecular flexibility index (Phi) is 17.4. The first-order valence-electron chi connectivity index (χ1n) is 48.7. The van der Waals surface area contributed by atoms with Crippen LogP contribution in [-0.4, -0.2) is 46.5 Å². The van der Waals surface area contributed by atoms with Crippen LogP contribution in [0.1, 0.15) is 11.1 Å². The van der Waals surface area contributed by atoms with Crippen molar-refractivity contribution in [2.45, 2.75) is 0 Å². The number of nitrogens with zero attached hydrogens (tertiary/aromatic N) is 12. The maximum absolute atomic E-state index is 12.4. The third kappa shape index (κ3) is 11.8. The van der Waals surface area contributed by atoms with Gasteiger partial charge in [-0.1, -0.05) is 255 Å². The maximum Gasteiger partial charge on any atom is 0.101 e. The van der Waals surface area contributed by atoms with E-state index in [9.17, 15) is 10.5 Å². The van der Waals surface area contributed by atoms with Gasteiger partial charge < -0.3 is 36.5 Å². The Morgan fingerprint density at radius 3 is 0.819 bits per heavy atom. The molecule has 0 atom stereocenters. The number of nitriles is 2. The predicted molar refractivity (Wildman–Crippen MR) is 593 cm³/mol. The number of rotatable bonds is 13. The van der Waals surface area contributed by atoms with Crippen LogP contribution in [-0.2, 0) is 0 Å². The Hall–Kier alpha value is -19.9. The van der Waals surface area contributed by atoms with Gasteiger partial charge in [0.15, 0.2) is 0 Å². The lowest BCUT2D eigenvalue weighted by atomic mass is 9.93. The molecular weight excluding hydrogens is 1750 g/mol. The molecule has 0 amide bonds. The highest BCUT2D eigenvalue weighted by molar-refractivity contribution is 6.22. The molecule has 0 radical (unpaired) electrons. The summed E-state index contributed by atoms with van der Waals surface area (Å²) in [5.74, 6) is 0. The highest BCUT2D eigenvalue weighted by Gasteiger charge is 2.30. The van der Waals surface area contributed by atoms with Crippen LogP contribution in [0.2, 0.25) is 0 Å². The first kappa shape index (κ1) is 80.2. The summed E-state index contributed by atoms with van der Waals surface area (Å²) >= 11 is 0. The molecule has 0 saturated carbocycles. The van der Waals surface area contributed by atoms with E-state index < -0.39 is 0 Å². The van der Waals surface area contributed by atoms with E-state index in [4.69, 9.17) is 9.97 Å². The van der Waals surface area contributed by atoms with Gasteiger partial charge in [0.1, 0.15) is 12.1 Å². The Bertz CT molecular complexity index is 10500. The van der Waals surface area contributed by atoms with Crippen LogP contribution in [0.25, 0.3) is 276 Å². The van der Waals surface area contributed by atoms with Gasteiger partial charge in [-0.3, -0.25) is 9.97 Å². The molecule has 0 bridgehead atoms. The zero-order valence-corrected chi connectivity index (χ0v) is 77.4. The van der Waals surface area contributed by atoms with E-state index in [0.29, 0.717) is 11.1 Å². The second-order valence-electron chi connectivity index (χ2n) is 37.7. The van der Waals surface area contributed by atoms with Crippen LogP contribution in [0.3, 0.4) is 0 Å². The summed E-state index contributed by atoms with van der Waals surface area (Å²) in [6, 6.07) is 168. The van der Waals surface area contributed by atoms with E-state index in [1.165, 1.54) is 32.3 Å². The van der Waals surface area contributed by atoms with E-state index in [2.05, 4.69) is 485 Å². The molecule has 0 unspecified atom stereocenters. The van der Waals surface area contributed by atoms with Crippen molar-refractivity contribution in [3.05, 3.63) is 485 Å². The smallest absolute Gasteiger partial charge is 0.101 e. The first-order chi connectivity index (χ1) is 71.4. The largest absolute Gasteiger partial charge is 0.309 e. The summed E-state index contributed by atoms with van der Waals surface area (Å²) in [6.45, 7) is 0. The highest BCUT2D eigenvalue weighted by atomic mass is 15.1. The predicted octanol–water partition coefficient (Wildman–Crippen LogP) is 33.3. The van der Waals surface area contributed by atoms with Crippen molar-refractivity contribution in [2.75, 3.05) is 0 Å². The minimum Gasteiger partial charge on any atom is -0.309 e. The average Bonchev–Trinajstić information content (AvgIpc) is 1.56. The van der Waals surface area contributed by atoms with E-state index in [1.807, 2.05) is 36.9 Å².